The number of rotatable bonds is 7. The van der Waals surface area contributed by atoms with Gasteiger partial charge in [0, 0.05) is 18.5 Å². The van der Waals surface area contributed by atoms with Crippen molar-refractivity contribution in [1.29, 1.82) is 0 Å². The monoisotopic (exact) mass is 264 g/mol. The lowest BCUT2D eigenvalue weighted by Crippen LogP contribution is -2.10. The Hall–Kier alpha value is -1.13. The topological polar surface area (TPSA) is 34.1 Å². The lowest BCUT2D eigenvalue weighted by molar-refractivity contribution is 0.133. The molecule has 18 heavy (non-hydrogen) atoms. The van der Waals surface area contributed by atoms with E-state index in [-0.39, 0.29) is 0 Å². The molecule has 0 saturated heterocycles. The summed E-state index contributed by atoms with van der Waals surface area (Å²) < 4.78 is 9.97. The number of fused-ring (bicyclic) bond motifs is 1. The molecular formula is C14H20N2OS. The lowest BCUT2D eigenvalue weighted by atomic mass is 10.1. The predicted molar refractivity (Wildman–Crippen MR) is 78.4 cm³/mol. The molecule has 0 radical (unpaired) electrons. The van der Waals surface area contributed by atoms with Crippen LogP contribution >= 0.6 is 11.5 Å². The zero-order valence-corrected chi connectivity index (χ0v) is 11.8. The highest BCUT2D eigenvalue weighted by Gasteiger charge is 2.03. The standard InChI is InChI=1S/C14H20N2OS/c1-11(2)7-9-17-10-8-15-14-12-5-3-4-6-13(12)16-18-14/h3-6,11,15H,7-10H2,1-2H3. The Labute approximate surface area is 112 Å². The van der Waals surface area contributed by atoms with Crippen LogP contribution in [-0.2, 0) is 4.74 Å². The molecule has 0 atom stereocenters. The number of benzene rings is 1. The summed E-state index contributed by atoms with van der Waals surface area (Å²) in [6.45, 7) is 6.86. The fraction of sp³-hybridized carbons (Fsp3) is 0.500. The first-order valence-corrected chi connectivity index (χ1v) is 7.20. The first kappa shape index (κ1) is 13.3. The Morgan fingerprint density at radius 2 is 2.11 bits per heavy atom. The molecule has 0 bridgehead atoms. The molecule has 0 aliphatic rings. The number of anilines is 1. The quantitative estimate of drug-likeness (QED) is 0.773. The zero-order valence-electron chi connectivity index (χ0n) is 11.0. The van der Waals surface area contributed by atoms with Gasteiger partial charge < -0.3 is 10.1 Å². The van der Waals surface area contributed by atoms with Gasteiger partial charge in [-0.1, -0.05) is 26.0 Å². The van der Waals surface area contributed by atoms with Gasteiger partial charge in [-0.05, 0) is 36.0 Å². The van der Waals surface area contributed by atoms with E-state index < -0.39 is 0 Å². The van der Waals surface area contributed by atoms with Crippen LogP contribution in [-0.4, -0.2) is 24.1 Å². The van der Waals surface area contributed by atoms with Gasteiger partial charge in [0.1, 0.15) is 5.00 Å². The third kappa shape index (κ3) is 3.68. The van der Waals surface area contributed by atoms with E-state index in [9.17, 15) is 0 Å². The molecule has 98 valence electrons. The second-order valence-electron chi connectivity index (χ2n) is 4.75. The van der Waals surface area contributed by atoms with Crippen molar-refractivity contribution in [3.63, 3.8) is 0 Å². The Balaban J connectivity index is 1.74. The van der Waals surface area contributed by atoms with E-state index in [0.717, 1.165) is 36.7 Å². The first-order valence-electron chi connectivity index (χ1n) is 6.43. The molecule has 2 aromatic rings. The molecule has 1 heterocycles. The van der Waals surface area contributed by atoms with Crippen molar-refractivity contribution in [3.05, 3.63) is 24.3 Å². The fourth-order valence-corrected chi connectivity index (χ4v) is 2.46. The van der Waals surface area contributed by atoms with Gasteiger partial charge >= 0.3 is 0 Å². The van der Waals surface area contributed by atoms with E-state index in [1.54, 1.807) is 0 Å². The van der Waals surface area contributed by atoms with Crippen LogP contribution in [0.4, 0.5) is 5.00 Å². The van der Waals surface area contributed by atoms with Crippen LogP contribution in [0.15, 0.2) is 24.3 Å². The Morgan fingerprint density at radius 1 is 1.28 bits per heavy atom. The number of ether oxygens (including phenoxy) is 1. The zero-order chi connectivity index (χ0) is 12.8. The van der Waals surface area contributed by atoms with Crippen molar-refractivity contribution in [2.24, 2.45) is 5.92 Å². The molecule has 0 aliphatic heterocycles. The van der Waals surface area contributed by atoms with Crippen molar-refractivity contribution in [2.75, 3.05) is 25.1 Å². The number of hydrogen-bond acceptors (Lipinski definition) is 4. The highest BCUT2D eigenvalue weighted by atomic mass is 32.1. The van der Waals surface area contributed by atoms with E-state index in [2.05, 4.69) is 29.6 Å². The van der Waals surface area contributed by atoms with Gasteiger partial charge in [-0.2, -0.15) is 4.37 Å². The normalized spacial score (nSPS) is 11.3. The van der Waals surface area contributed by atoms with Crippen molar-refractivity contribution in [3.8, 4) is 0 Å². The molecule has 0 fully saturated rings. The first-order chi connectivity index (χ1) is 8.77. The van der Waals surface area contributed by atoms with Gasteiger partial charge in [0.25, 0.3) is 0 Å². The van der Waals surface area contributed by atoms with Gasteiger partial charge in [0.2, 0.25) is 0 Å². The summed E-state index contributed by atoms with van der Waals surface area (Å²) in [5, 5.41) is 5.72. The van der Waals surface area contributed by atoms with Crippen molar-refractivity contribution in [2.45, 2.75) is 20.3 Å². The maximum absolute atomic E-state index is 5.58. The summed E-state index contributed by atoms with van der Waals surface area (Å²) >= 11 is 1.51. The summed E-state index contributed by atoms with van der Waals surface area (Å²) in [4.78, 5) is 0. The van der Waals surface area contributed by atoms with E-state index in [1.807, 2.05) is 18.2 Å². The minimum absolute atomic E-state index is 0.711. The second kappa shape index (κ2) is 6.71. The summed E-state index contributed by atoms with van der Waals surface area (Å²) in [6.07, 6.45) is 1.13. The van der Waals surface area contributed by atoms with E-state index in [4.69, 9.17) is 4.74 Å². The fourth-order valence-electron chi connectivity index (χ4n) is 1.67. The maximum atomic E-state index is 5.58. The molecule has 4 heteroatoms. The summed E-state index contributed by atoms with van der Waals surface area (Å²) in [5.74, 6) is 0.711. The molecule has 2 rings (SSSR count). The van der Waals surface area contributed by atoms with Crippen LogP contribution in [0.3, 0.4) is 0 Å². The van der Waals surface area contributed by atoms with Gasteiger partial charge in [0.15, 0.2) is 0 Å². The number of hydrogen-bond donors (Lipinski definition) is 1. The highest BCUT2D eigenvalue weighted by Crippen LogP contribution is 2.26. The molecule has 0 amide bonds. The lowest BCUT2D eigenvalue weighted by Gasteiger charge is -2.07. The Morgan fingerprint density at radius 3 is 2.94 bits per heavy atom. The van der Waals surface area contributed by atoms with Crippen LogP contribution in [0.5, 0.6) is 0 Å². The van der Waals surface area contributed by atoms with Gasteiger partial charge in [-0.25, -0.2) is 0 Å². The highest BCUT2D eigenvalue weighted by molar-refractivity contribution is 7.11. The third-order valence-electron chi connectivity index (χ3n) is 2.76. The van der Waals surface area contributed by atoms with Crippen LogP contribution < -0.4 is 5.32 Å². The van der Waals surface area contributed by atoms with Crippen LogP contribution in [0, 0.1) is 5.92 Å². The number of nitrogens with one attached hydrogen (secondary N) is 1. The molecule has 0 aliphatic carbocycles. The SMILES string of the molecule is CC(C)CCOCCNc1snc2ccccc12. The average Bonchev–Trinajstić information content (AvgIpc) is 2.77. The van der Waals surface area contributed by atoms with Crippen LogP contribution in [0.1, 0.15) is 20.3 Å². The number of nitrogens with zero attached hydrogens (tertiary/aromatic N) is 1. The van der Waals surface area contributed by atoms with E-state index in [0.29, 0.717) is 5.92 Å². The maximum Gasteiger partial charge on any atom is 0.117 e. The number of aromatic nitrogens is 1. The summed E-state index contributed by atoms with van der Waals surface area (Å²) in [6, 6.07) is 8.19. The molecule has 3 nitrogen and oxygen atoms in total. The molecule has 0 unspecified atom stereocenters. The average molecular weight is 264 g/mol. The van der Waals surface area contributed by atoms with Crippen molar-refractivity contribution >= 4 is 27.4 Å². The molecule has 0 spiro atoms. The Bertz CT molecular complexity index is 481. The molecule has 1 aromatic carbocycles. The smallest absolute Gasteiger partial charge is 0.117 e. The minimum Gasteiger partial charge on any atom is -0.380 e. The van der Waals surface area contributed by atoms with Gasteiger partial charge in [0.05, 0.1) is 12.1 Å². The van der Waals surface area contributed by atoms with Crippen LogP contribution in [0.2, 0.25) is 0 Å². The van der Waals surface area contributed by atoms with Gasteiger partial charge in [-0.3, -0.25) is 0 Å². The second-order valence-corrected chi connectivity index (χ2v) is 5.52. The third-order valence-corrected chi connectivity index (χ3v) is 3.59. The van der Waals surface area contributed by atoms with Crippen molar-refractivity contribution in [1.82, 2.24) is 4.37 Å². The summed E-state index contributed by atoms with van der Waals surface area (Å²) in [7, 11) is 0. The minimum atomic E-state index is 0.711. The largest absolute Gasteiger partial charge is 0.380 e. The van der Waals surface area contributed by atoms with Crippen LogP contribution in [0.25, 0.3) is 10.9 Å². The molecular weight excluding hydrogens is 244 g/mol. The van der Waals surface area contributed by atoms with E-state index >= 15 is 0 Å². The Kier molecular flexibility index (Phi) is 4.96. The van der Waals surface area contributed by atoms with E-state index in [1.165, 1.54) is 16.9 Å². The van der Waals surface area contributed by atoms with Gasteiger partial charge in [-0.15, -0.1) is 0 Å². The summed E-state index contributed by atoms with van der Waals surface area (Å²) in [5.41, 5.74) is 1.06. The predicted octanol–water partition coefficient (Wildman–Crippen LogP) is 3.77. The molecule has 0 saturated carbocycles. The molecule has 1 N–H and O–H groups in total. The van der Waals surface area contributed by atoms with Crippen molar-refractivity contribution < 1.29 is 4.74 Å². The molecule has 1 aromatic heterocycles.